The molecule has 4 N–H and O–H groups in total. The van der Waals surface area contributed by atoms with Crippen molar-refractivity contribution in [2.24, 2.45) is 5.92 Å². The SMILES string of the molecule is CC(C)C(O)CNc1ccc(N)c2ccncc12. The third kappa shape index (κ3) is 2.54. The maximum atomic E-state index is 9.81. The Kier molecular flexibility index (Phi) is 3.67. The lowest BCUT2D eigenvalue weighted by atomic mass is 10.1. The summed E-state index contributed by atoms with van der Waals surface area (Å²) in [6.07, 6.45) is 3.15. The van der Waals surface area contributed by atoms with Crippen LogP contribution in [0.1, 0.15) is 13.8 Å². The number of nitrogens with one attached hydrogen (secondary N) is 1. The number of nitrogens with zero attached hydrogens (tertiary/aromatic N) is 1. The molecular formula is C14H19N3O. The Hall–Kier alpha value is -1.81. The summed E-state index contributed by atoms with van der Waals surface area (Å²) in [5.74, 6) is 0.232. The van der Waals surface area contributed by atoms with Gasteiger partial charge in [0.25, 0.3) is 0 Å². The molecule has 0 amide bonds. The van der Waals surface area contributed by atoms with E-state index in [9.17, 15) is 5.11 Å². The molecule has 0 fully saturated rings. The zero-order chi connectivity index (χ0) is 13.1. The van der Waals surface area contributed by atoms with Gasteiger partial charge >= 0.3 is 0 Å². The zero-order valence-electron chi connectivity index (χ0n) is 10.7. The molecule has 2 rings (SSSR count). The molecule has 4 nitrogen and oxygen atoms in total. The Morgan fingerprint density at radius 3 is 2.78 bits per heavy atom. The third-order valence-corrected chi connectivity index (χ3v) is 3.12. The van der Waals surface area contributed by atoms with Crippen LogP contribution in [0.4, 0.5) is 11.4 Å². The van der Waals surface area contributed by atoms with Gasteiger partial charge in [0.05, 0.1) is 6.10 Å². The van der Waals surface area contributed by atoms with Crippen LogP contribution in [0.5, 0.6) is 0 Å². The van der Waals surface area contributed by atoms with Gasteiger partial charge in [-0.25, -0.2) is 0 Å². The van der Waals surface area contributed by atoms with E-state index in [0.717, 1.165) is 22.1 Å². The molecule has 0 saturated heterocycles. The number of benzene rings is 1. The van der Waals surface area contributed by atoms with Crippen LogP contribution in [-0.4, -0.2) is 22.7 Å². The van der Waals surface area contributed by atoms with Gasteiger partial charge in [-0.3, -0.25) is 4.98 Å². The van der Waals surface area contributed by atoms with Crippen LogP contribution < -0.4 is 11.1 Å². The number of nitrogens with two attached hydrogens (primary N) is 1. The molecule has 1 aromatic heterocycles. The Labute approximate surface area is 107 Å². The number of anilines is 2. The van der Waals surface area contributed by atoms with Crippen LogP contribution in [0.3, 0.4) is 0 Å². The Morgan fingerprint density at radius 1 is 1.28 bits per heavy atom. The largest absolute Gasteiger partial charge is 0.398 e. The summed E-state index contributed by atoms with van der Waals surface area (Å²) in [5.41, 5.74) is 7.61. The molecule has 0 spiro atoms. The first-order valence-electron chi connectivity index (χ1n) is 6.13. The van der Waals surface area contributed by atoms with Gasteiger partial charge in [-0.05, 0) is 24.1 Å². The zero-order valence-corrected chi connectivity index (χ0v) is 10.7. The Balaban J connectivity index is 2.26. The van der Waals surface area contributed by atoms with E-state index in [1.807, 2.05) is 32.0 Å². The fourth-order valence-electron chi connectivity index (χ4n) is 1.82. The van der Waals surface area contributed by atoms with Crippen molar-refractivity contribution in [3.63, 3.8) is 0 Å². The third-order valence-electron chi connectivity index (χ3n) is 3.12. The van der Waals surface area contributed by atoms with Crippen molar-refractivity contribution < 1.29 is 5.11 Å². The monoisotopic (exact) mass is 245 g/mol. The van der Waals surface area contributed by atoms with E-state index in [1.165, 1.54) is 0 Å². The summed E-state index contributed by atoms with van der Waals surface area (Å²) in [6, 6.07) is 5.69. The van der Waals surface area contributed by atoms with E-state index in [4.69, 9.17) is 5.73 Å². The smallest absolute Gasteiger partial charge is 0.0735 e. The van der Waals surface area contributed by atoms with Crippen molar-refractivity contribution >= 4 is 22.1 Å². The first-order valence-corrected chi connectivity index (χ1v) is 6.13. The van der Waals surface area contributed by atoms with Crippen molar-refractivity contribution in [2.45, 2.75) is 20.0 Å². The van der Waals surface area contributed by atoms with Crippen LogP contribution >= 0.6 is 0 Å². The predicted molar refractivity (Wildman–Crippen MR) is 75.5 cm³/mol. The number of fused-ring (bicyclic) bond motifs is 1. The number of nitrogen functional groups attached to an aromatic ring is 1. The van der Waals surface area contributed by atoms with Gasteiger partial charge in [-0.1, -0.05) is 13.8 Å². The molecule has 1 heterocycles. The molecule has 0 aliphatic rings. The van der Waals surface area contributed by atoms with Crippen LogP contribution in [0.25, 0.3) is 10.8 Å². The molecular weight excluding hydrogens is 226 g/mol. The van der Waals surface area contributed by atoms with Gasteiger partial charge < -0.3 is 16.2 Å². The lowest BCUT2D eigenvalue weighted by molar-refractivity contribution is 0.138. The normalized spacial score (nSPS) is 12.9. The molecule has 1 unspecified atom stereocenters. The molecule has 0 saturated carbocycles. The fraction of sp³-hybridized carbons (Fsp3) is 0.357. The highest BCUT2D eigenvalue weighted by Crippen LogP contribution is 2.27. The summed E-state index contributed by atoms with van der Waals surface area (Å²) >= 11 is 0. The molecule has 4 heteroatoms. The van der Waals surface area contributed by atoms with Crippen molar-refractivity contribution in [1.82, 2.24) is 4.98 Å². The van der Waals surface area contributed by atoms with Crippen molar-refractivity contribution in [3.05, 3.63) is 30.6 Å². The van der Waals surface area contributed by atoms with Crippen LogP contribution in [0.15, 0.2) is 30.6 Å². The summed E-state index contributed by atoms with van der Waals surface area (Å²) < 4.78 is 0. The van der Waals surface area contributed by atoms with Crippen LogP contribution in [-0.2, 0) is 0 Å². The standard InChI is InChI=1S/C14H19N3O/c1-9(2)14(18)8-17-13-4-3-12(15)10-5-6-16-7-11(10)13/h3-7,9,14,17-18H,8,15H2,1-2H3. The minimum Gasteiger partial charge on any atom is -0.398 e. The molecule has 0 aliphatic carbocycles. The van der Waals surface area contributed by atoms with E-state index in [0.29, 0.717) is 6.54 Å². The summed E-state index contributed by atoms with van der Waals surface area (Å²) in [5, 5.41) is 15.0. The Bertz CT molecular complexity index is 540. The molecule has 2 aromatic rings. The first-order chi connectivity index (χ1) is 8.59. The second-order valence-corrected chi connectivity index (χ2v) is 4.82. The topological polar surface area (TPSA) is 71.2 Å². The molecule has 1 aromatic carbocycles. The van der Waals surface area contributed by atoms with E-state index in [1.54, 1.807) is 12.4 Å². The van der Waals surface area contributed by atoms with E-state index in [-0.39, 0.29) is 12.0 Å². The van der Waals surface area contributed by atoms with Crippen molar-refractivity contribution in [2.75, 3.05) is 17.6 Å². The quantitative estimate of drug-likeness (QED) is 0.722. The van der Waals surface area contributed by atoms with Crippen molar-refractivity contribution in [1.29, 1.82) is 0 Å². The lowest BCUT2D eigenvalue weighted by Gasteiger charge is -2.17. The summed E-state index contributed by atoms with van der Waals surface area (Å²) in [6.45, 7) is 4.51. The maximum Gasteiger partial charge on any atom is 0.0735 e. The number of rotatable bonds is 4. The number of pyridine rings is 1. The minimum absolute atomic E-state index is 0.232. The van der Waals surface area contributed by atoms with E-state index >= 15 is 0 Å². The molecule has 0 radical (unpaired) electrons. The highest BCUT2D eigenvalue weighted by atomic mass is 16.3. The maximum absolute atomic E-state index is 9.81. The van der Waals surface area contributed by atoms with Gasteiger partial charge in [-0.15, -0.1) is 0 Å². The molecule has 96 valence electrons. The number of aliphatic hydroxyl groups excluding tert-OH is 1. The summed E-state index contributed by atoms with van der Waals surface area (Å²) in [7, 11) is 0. The van der Waals surface area contributed by atoms with Crippen molar-refractivity contribution in [3.8, 4) is 0 Å². The van der Waals surface area contributed by atoms with Gasteiger partial charge in [0.2, 0.25) is 0 Å². The molecule has 18 heavy (non-hydrogen) atoms. The highest BCUT2D eigenvalue weighted by molar-refractivity contribution is 6.00. The number of hydrogen-bond donors (Lipinski definition) is 3. The van der Waals surface area contributed by atoms with Crippen LogP contribution in [0, 0.1) is 5.92 Å². The second kappa shape index (κ2) is 5.23. The highest BCUT2D eigenvalue weighted by Gasteiger charge is 2.10. The average Bonchev–Trinajstić information content (AvgIpc) is 2.38. The minimum atomic E-state index is -0.366. The van der Waals surface area contributed by atoms with Gasteiger partial charge in [0.1, 0.15) is 0 Å². The first kappa shape index (κ1) is 12.6. The number of aliphatic hydroxyl groups is 1. The number of aromatic nitrogens is 1. The second-order valence-electron chi connectivity index (χ2n) is 4.82. The predicted octanol–water partition coefficient (Wildman–Crippen LogP) is 2.25. The van der Waals surface area contributed by atoms with E-state index < -0.39 is 0 Å². The van der Waals surface area contributed by atoms with Gasteiger partial charge in [0, 0.05) is 41.1 Å². The molecule has 0 bridgehead atoms. The van der Waals surface area contributed by atoms with Gasteiger partial charge in [0.15, 0.2) is 0 Å². The summed E-state index contributed by atoms with van der Waals surface area (Å²) in [4.78, 5) is 4.12. The van der Waals surface area contributed by atoms with E-state index in [2.05, 4.69) is 10.3 Å². The Morgan fingerprint density at radius 2 is 2.06 bits per heavy atom. The van der Waals surface area contributed by atoms with Gasteiger partial charge in [-0.2, -0.15) is 0 Å². The molecule has 1 atom stereocenters. The lowest BCUT2D eigenvalue weighted by Crippen LogP contribution is -2.24. The van der Waals surface area contributed by atoms with Crippen LogP contribution in [0.2, 0.25) is 0 Å². The average molecular weight is 245 g/mol. The fourth-order valence-corrected chi connectivity index (χ4v) is 1.82. The number of hydrogen-bond acceptors (Lipinski definition) is 4. The molecule has 0 aliphatic heterocycles.